The molecule has 0 unspecified atom stereocenters. The van der Waals surface area contributed by atoms with Gasteiger partial charge in [0.1, 0.15) is 0 Å². The van der Waals surface area contributed by atoms with E-state index in [0.29, 0.717) is 11.0 Å². The van der Waals surface area contributed by atoms with Crippen molar-refractivity contribution in [1.29, 1.82) is 0 Å². The molecule has 7 heteroatoms. The molecule has 3 heterocycles. The van der Waals surface area contributed by atoms with E-state index in [9.17, 15) is 9.59 Å². The van der Waals surface area contributed by atoms with Crippen molar-refractivity contribution in [1.82, 2.24) is 10.3 Å². The topological polar surface area (TPSA) is 71.1 Å². The number of Topliss-reactive ketones (excluding diaryl/α,β-unsaturated/α-hetero) is 1. The summed E-state index contributed by atoms with van der Waals surface area (Å²) in [5, 5.41) is 6.82. The van der Waals surface area contributed by atoms with Crippen LogP contribution in [0.2, 0.25) is 0 Å². The quantitative estimate of drug-likeness (QED) is 0.749. The van der Waals surface area contributed by atoms with Crippen LogP contribution < -0.4 is 10.6 Å². The van der Waals surface area contributed by atoms with Crippen molar-refractivity contribution in [2.75, 3.05) is 18.4 Å². The molecule has 134 valence electrons. The molecular formula is C18H23N3O2S2. The third kappa shape index (κ3) is 4.74. The predicted octanol–water partition coefficient (Wildman–Crippen LogP) is 3.89. The molecule has 3 rings (SSSR count). The van der Waals surface area contributed by atoms with Gasteiger partial charge >= 0.3 is 0 Å². The number of thiophene rings is 1. The van der Waals surface area contributed by atoms with Crippen LogP contribution in [-0.4, -0.2) is 29.8 Å². The summed E-state index contributed by atoms with van der Waals surface area (Å²) in [7, 11) is 0. The molecule has 1 fully saturated rings. The molecule has 2 N–H and O–H groups in total. The normalized spacial score (nSPS) is 15.3. The second-order valence-electron chi connectivity index (χ2n) is 6.39. The van der Waals surface area contributed by atoms with Gasteiger partial charge in [-0.3, -0.25) is 9.59 Å². The smallest absolute Gasteiger partial charge is 0.226 e. The van der Waals surface area contributed by atoms with Crippen LogP contribution in [0.4, 0.5) is 5.13 Å². The Morgan fingerprint density at radius 3 is 2.68 bits per heavy atom. The first-order valence-corrected chi connectivity index (χ1v) is 10.2. The van der Waals surface area contributed by atoms with Crippen molar-refractivity contribution in [2.45, 2.75) is 45.4 Å². The summed E-state index contributed by atoms with van der Waals surface area (Å²) in [6.45, 7) is 6.01. The number of ketones is 1. The summed E-state index contributed by atoms with van der Waals surface area (Å²) in [5.74, 6) is 0.423. The number of thiazole rings is 1. The first-order chi connectivity index (χ1) is 12.0. The number of hydrogen-bond donors (Lipinski definition) is 2. The van der Waals surface area contributed by atoms with Crippen LogP contribution >= 0.6 is 22.7 Å². The minimum Gasteiger partial charge on any atom is -0.317 e. The zero-order valence-corrected chi connectivity index (χ0v) is 16.2. The molecule has 0 radical (unpaired) electrons. The van der Waals surface area contributed by atoms with Gasteiger partial charge in [0.05, 0.1) is 0 Å². The van der Waals surface area contributed by atoms with Gasteiger partial charge in [-0.25, -0.2) is 4.98 Å². The lowest BCUT2D eigenvalue weighted by Gasteiger charge is -2.20. The lowest BCUT2D eigenvalue weighted by atomic mass is 9.97. The standard InChI is InChI=1S/C18H23N3O2S2/c1-11-9-14(12(2)24-11)15(22)3-4-17(23)21-18-20-10-16(25-18)13-5-7-19-8-6-13/h9-10,13,19H,3-8H2,1-2H3,(H,20,21,23). The zero-order chi connectivity index (χ0) is 17.8. The molecule has 2 aromatic heterocycles. The van der Waals surface area contributed by atoms with Gasteiger partial charge in [0, 0.05) is 39.2 Å². The highest BCUT2D eigenvalue weighted by atomic mass is 32.1. The summed E-state index contributed by atoms with van der Waals surface area (Å²) >= 11 is 3.17. The monoisotopic (exact) mass is 377 g/mol. The number of rotatable bonds is 6. The Kier molecular flexibility index (Phi) is 5.98. The van der Waals surface area contributed by atoms with E-state index in [1.165, 1.54) is 4.88 Å². The van der Waals surface area contributed by atoms with Gasteiger partial charge in [0.2, 0.25) is 5.91 Å². The fourth-order valence-corrected chi connectivity index (χ4v) is 5.03. The number of aromatic nitrogens is 1. The molecule has 1 amide bonds. The molecule has 0 saturated carbocycles. The van der Waals surface area contributed by atoms with Crippen LogP contribution in [0.1, 0.15) is 56.6 Å². The van der Waals surface area contributed by atoms with E-state index in [0.717, 1.165) is 41.2 Å². The van der Waals surface area contributed by atoms with E-state index < -0.39 is 0 Å². The molecule has 0 bridgehead atoms. The molecule has 0 atom stereocenters. The lowest BCUT2D eigenvalue weighted by Crippen LogP contribution is -2.26. The van der Waals surface area contributed by atoms with Gasteiger partial charge in [0.25, 0.3) is 0 Å². The molecule has 25 heavy (non-hydrogen) atoms. The Labute approximate surface area is 155 Å². The van der Waals surface area contributed by atoms with Crippen molar-refractivity contribution in [3.63, 3.8) is 0 Å². The van der Waals surface area contributed by atoms with E-state index in [1.54, 1.807) is 22.7 Å². The van der Waals surface area contributed by atoms with Gasteiger partial charge in [-0.05, 0) is 51.8 Å². The molecule has 0 spiro atoms. The fourth-order valence-electron chi connectivity index (χ4n) is 3.09. The van der Waals surface area contributed by atoms with E-state index in [2.05, 4.69) is 15.6 Å². The Bertz CT molecular complexity index is 760. The van der Waals surface area contributed by atoms with Gasteiger partial charge in [0.15, 0.2) is 10.9 Å². The van der Waals surface area contributed by atoms with E-state index in [1.807, 2.05) is 26.1 Å². The maximum Gasteiger partial charge on any atom is 0.226 e. The van der Waals surface area contributed by atoms with E-state index in [-0.39, 0.29) is 24.5 Å². The summed E-state index contributed by atoms with van der Waals surface area (Å²) in [5.41, 5.74) is 0.748. The second kappa shape index (κ2) is 8.21. The van der Waals surface area contributed by atoms with Crippen molar-refractivity contribution in [3.05, 3.63) is 32.5 Å². The van der Waals surface area contributed by atoms with Crippen molar-refractivity contribution in [3.8, 4) is 0 Å². The molecular weight excluding hydrogens is 354 g/mol. The maximum absolute atomic E-state index is 12.3. The first kappa shape index (κ1) is 18.2. The number of anilines is 1. The SMILES string of the molecule is Cc1cc(C(=O)CCC(=O)Nc2ncc(C3CCNCC3)s2)c(C)s1. The molecule has 1 aliphatic heterocycles. The Morgan fingerprint density at radius 2 is 2.00 bits per heavy atom. The number of aryl methyl sites for hydroxylation is 2. The van der Waals surface area contributed by atoms with Gasteiger partial charge in [-0.2, -0.15) is 0 Å². The number of nitrogens with one attached hydrogen (secondary N) is 2. The van der Waals surface area contributed by atoms with Gasteiger partial charge in [-0.1, -0.05) is 0 Å². The molecule has 0 aliphatic carbocycles. The molecule has 1 aliphatic rings. The molecule has 5 nitrogen and oxygen atoms in total. The highest BCUT2D eigenvalue weighted by molar-refractivity contribution is 7.15. The third-order valence-electron chi connectivity index (χ3n) is 4.43. The van der Waals surface area contributed by atoms with Gasteiger partial charge in [-0.15, -0.1) is 22.7 Å². The highest BCUT2D eigenvalue weighted by Crippen LogP contribution is 2.31. The number of nitrogens with zero attached hydrogens (tertiary/aromatic N) is 1. The van der Waals surface area contributed by atoms with Crippen LogP contribution in [0.15, 0.2) is 12.3 Å². The average Bonchev–Trinajstić information content (AvgIpc) is 3.19. The minimum atomic E-state index is -0.149. The predicted molar refractivity (Wildman–Crippen MR) is 103 cm³/mol. The summed E-state index contributed by atoms with van der Waals surface area (Å²) < 4.78 is 0. The number of hydrogen-bond acceptors (Lipinski definition) is 6. The lowest BCUT2D eigenvalue weighted by molar-refractivity contribution is -0.116. The molecule has 0 aromatic carbocycles. The van der Waals surface area contributed by atoms with Crippen LogP contribution in [-0.2, 0) is 4.79 Å². The van der Waals surface area contributed by atoms with Crippen molar-refractivity contribution < 1.29 is 9.59 Å². The first-order valence-electron chi connectivity index (χ1n) is 8.59. The minimum absolute atomic E-state index is 0.0338. The molecule has 1 saturated heterocycles. The second-order valence-corrected chi connectivity index (χ2v) is 8.91. The van der Waals surface area contributed by atoms with Crippen molar-refractivity contribution in [2.24, 2.45) is 0 Å². The third-order valence-corrected chi connectivity index (χ3v) is 6.47. The summed E-state index contributed by atoms with van der Waals surface area (Å²) in [6, 6.07) is 1.91. The number of amides is 1. The van der Waals surface area contributed by atoms with E-state index in [4.69, 9.17) is 0 Å². The Hall–Kier alpha value is -1.57. The maximum atomic E-state index is 12.3. The highest BCUT2D eigenvalue weighted by Gasteiger charge is 2.19. The van der Waals surface area contributed by atoms with Crippen LogP contribution in [0, 0.1) is 13.8 Å². The summed E-state index contributed by atoms with van der Waals surface area (Å²) in [4.78, 5) is 32.1. The number of carbonyl (C=O) groups is 2. The van der Waals surface area contributed by atoms with Crippen LogP contribution in [0.25, 0.3) is 0 Å². The zero-order valence-electron chi connectivity index (χ0n) is 14.6. The number of piperidine rings is 1. The molecule has 2 aromatic rings. The Balaban J connectivity index is 1.50. The number of carbonyl (C=O) groups excluding carboxylic acids is 2. The average molecular weight is 378 g/mol. The fraction of sp³-hybridized carbons (Fsp3) is 0.500. The largest absolute Gasteiger partial charge is 0.317 e. The van der Waals surface area contributed by atoms with Crippen LogP contribution in [0.5, 0.6) is 0 Å². The van der Waals surface area contributed by atoms with Crippen LogP contribution in [0.3, 0.4) is 0 Å². The Morgan fingerprint density at radius 1 is 1.24 bits per heavy atom. The van der Waals surface area contributed by atoms with E-state index >= 15 is 0 Å². The van der Waals surface area contributed by atoms with Gasteiger partial charge < -0.3 is 10.6 Å². The van der Waals surface area contributed by atoms with Crippen molar-refractivity contribution >= 4 is 39.5 Å². The summed E-state index contributed by atoms with van der Waals surface area (Å²) in [6.07, 6.45) is 4.52.